The van der Waals surface area contributed by atoms with Crippen LogP contribution in [0.3, 0.4) is 0 Å². The molecule has 0 aliphatic carbocycles. The molecule has 4 aromatic rings. The standard InChI is InChI=1S/C26H29N9O3/c1-2-38-21-7-5-19(6-8-21)22-9-10-25(36)34(32-22)13-11-28-26(37)20-4-3-12-33(15-20)23-14-24(30-17-29-23)35-18-27-16-31-35/h5-10,14,16-18,20H,2-4,11-13,15H2,1H3,(H,28,37). The molecule has 1 aromatic carbocycles. The number of amides is 1. The lowest BCUT2D eigenvalue weighted by Crippen LogP contribution is -2.44. The highest BCUT2D eigenvalue weighted by Gasteiger charge is 2.26. The zero-order valence-corrected chi connectivity index (χ0v) is 21.1. The molecule has 12 nitrogen and oxygen atoms in total. The van der Waals surface area contributed by atoms with Crippen LogP contribution in [-0.4, -0.2) is 66.7 Å². The van der Waals surface area contributed by atoms with Gasteiger partial charge in [-0.05, 0) is 50.1 Å². The van der Waals surface area contributed by atoms with Crippen LogP contribution < -0.4 is 20.5 Å². The van der Waals surface area contributed by atoms with Crippen molar-refractivity contribution in [1.82, 2.24) is 39.8 Å². The van der Waals surface area contributed by atoms with E-state index < -0.39 is 0 Å². The fourth-order valence-corrected chi connectivity index (χ4v) is 4.44. The van der Waals surface area contributed by atoms with E-state index in [9.17, 15) is 9.59 Å². The molecule has 1 N–H and O–H groups in total. The summed E-state index contributed by atoms with van der Waals surface area (Å²) in [6.07, 6.45) is 6.17. The Morgan fingerprint density at radius 2 is 1.95 bits per heavy atom. The van der Waals surface area contributed by atoms with Gasteiger partial charge in [0, 0.05) is 37.3 Å². The maximum absolute atomic E-state index is 13.0. The topological polar surface area (TPSA) is 133 Å². The van der Waals surface area contributed by atoms with Crippen molar-refractivity contribution in [3.8, 4) is 22.8 Å². The van der Waals surface area contributed by atoms with Gasteiger partial charge < -0.3 is 15.0 Å². The van der Waals surface area contributed by atoms with E-state index in [-0.39, 0.29) is 23.9 Å². The van der Waals surface area contributed by atoms with Crippen LogP contribution >= 0.6 is 0 Å². The minimum absolute atomic E-state index is 0.0454. The summed E-state index contributed by atoms with van der Waals surface area (Å²) in [7, 11) is 0. The lowest BCUT2D eigenvalue weighted by atomic mass is 9.97. The molecule has 5 rings (SSSR count). The Morgan fingerprint density at radius 1 is 1.11 bits per heavy atom. The lowest BCUT2D eigenvalue weighted by Gasteiger charge is -2.32. The molecular formula is C26H29N9O3. The van der Waals surface area contributed by atoms with Gasteiger partial charge in [-0.15, -0.1) is 0 Å². The predicted molar refractivity (Wildman–Crippen MR) is 140 cm³/mol. The molecule has 3 aromatic heterocycles. The molecular weight excluding hydrogens is 486 g/mol. The van der Waals surface area contributed by atoms with Crippen LogP contribution in [0.1, 0.15) is 19.8 Å². The highest BCUT2D eigenvalue weighted by molar-refractivity contribution is 5.79. The van der Waals surface area contributed by atoms with E-state index in [0.717, 1.165) is 36.5 Å². The Hall–Kier alpha value is -4.61. The summed E-state index contributed by atoms with van der Waals surface area (Å²) in [4.78, 5) is 40.0. The van der Waals surface area contributed by atoms with E-state index in [1.165, 1.54) is 23.4 Å². The van der Waals surface area contributed by atoms with Crippen LogP contribution in [0.5, 0.6) is 5.75 Å². The van der Waals surface area contributed by atoms with Gasteiger partial charge in [0.25, 0.3) is 5.56 Å². The number of rotatable bonds is 9. The fraction of sp³-hybridized carbons (Fsp3) is 0.346. The van der Waals surface area contributed by atoms with Crippen LogP contribution in [0.25, 0.3) is 17.1 Å². The molecule has 1 saturated heterocycles. The quantitative estimate of drug-likeness (QED) is 0.354. The van der Waals surface area contributed by atoms with Crippen molar-refractivity contribution >= 4 is 11.7 Å². The van der Waals surface area contributed by atoms with Crippen molar-refractivity contribution in [3.05, 3.63) is 71.8 Å². The molecule has 1 aliphatic heterocycles. The third kappa shape index (κ3) is 5.85. The van der Waals surface area contributed by atoms with Crippen molar-refractivity contribution in [2.75, 3.05) is 31.1 Å². The normalized spacial score (nSPS) is 15.3. The van der Waals surface area contributed by atoms with Crippen molar-refractivity contribution in [3.63, 3.8) is 0 Å². The third-order valence-corrected chi connectivity index (χ3v) is 6.36. The van der Waals surface area contributed by atoms with E-state index in [2.05, 4.69) is 35.4 Å². The minimum atomic E-state index is -0.218. The number of hydrogen-bond acceptors (Lipinski definition) is 9. The third-order valence-electron chi connectivity index (χ3n) is 6.36. The van der Waals surface area contributed by atoms with E-state index in [4.69, 9.17) is 4.74 Å². The summed E-state index contributed by atoms with van der Waals surface area (Å²) in [6, 6.07) is 12.6. The number of hydrogen-bond donors (Lipinski definition) is 1. The van der Waals surface area contributed by atoms with Gasteiger partial charge in [0.05, 0.1) is 24.8 Å². The molecule has 12 heteroatoms. The number of benzene rings is 1. The Bertz CT molecular complexity index is 1420. The summed E-state index contributed by atoms with van der Waals surface area (Å²) in [5, 5.41) is 11.6. The fourth-order valence-electron chi connectivity index (χ4n) is 4.44. The summed E-state index contributed by atoms with van der Waals surface area (Å²) in [6.45, 7) is 4.46. The minimum Gasteiger partial charge on any atom is -0.494 e. The number of anilines is 1. The summed E-state index contributed by atoms with van der Waals surface area (Å²) < 4.78 is 8.44. The summed E-state index contributed by atoms with van der Waals surface area (Å²) in [5.74, 6) is 1.91. The second-order valence-corrected chi connectivity index (χ2v) is 8.89. The average molecular weight is 516 g/mol. The van der Waals surface area contributed by atoms with Gasteiger partial charge in [0.2, 0.25) is 5.91 Å². The number of carbonyl (C=O) groups is 1. The van der Waals surface area contributed by atoms with Crippen LogP contribution in [0.15, 0.2) is 66.2 Å². The van der Waals surface area contributed by atoms with Gasteiger partial charge in [-0.2, -0.15) is 10.2 Å². The molecule has 0 spiro atoms. The molecule has 1 amide bonds. The van der Waals surface area contributed by atoms with Crippen molar-refractivity contribution in [2.45, 2.75) is 26.3 Å². The molecule has 196 valence electrons. The van der Waals surface area contributed by atoms with E-state index >= 15 is 0 Å². The molecule has 1 unspecified atom stereocenters. The second kappa shape index (κ2) is 11.6. The highest BCUT2D eigenvalue weighted by Crippen LogP contribution is 2.23. The Balaban J connectivity index is 1.18. The number of aromatic nitrogens is 7. The average Bonchev–Trinajstić information content (AvgIpc) is 3.50. The molecule has 1 aliphatic rings. The molecule has 4 heterocycles. The SMILES string of the molecule is CCOc1ccc(-c2ccc(=O)n(CCNC(=O)C3CCCN(c4cc(-n5cncn5)ncn4)C3)n2)cc1. The van der Waals surface area contributed by atoms with Gasteiger partial charge in [0.15, 0.2) is 5.82 Å². The molecule has 38 heavy (non-hydrogen) atoms. The van der Waals surface area contributed by atoms with E-state index in [1.54, 1.807) is 17.1 Å². The smallest absolute Gasteiger partial charge is 0.266 e. The highest BCUT2D eigenvalue weighted by atomic mass is 16.5. The second-order valence-electron chi connectivity index (χ2n) is 8.89. The van der Waals surface area contributed by atoms with Crippen molar-refractivity contribution in [2.24, 2.45) is 5.92 Å². The first-order valence-electron chi connectivity index (χ1n) is 12.6. The van der Waals surface area contributed by atoms with Crippen molar-refractivity contribution < 1.29 is 9.53 Å². The monoisotopic (exact) mass is 515 g/mol. The Labute approximate surface area is 219 Å². The summed E-state index contributed by atoms with van der Waals surface area (Å²) >= 11 is 0. The van der Waals surface area contributed by atoms with Crippen molar-refractivity contribution in [1.29, 1.82) is 0 Å². The number of ether oxygens (including phenoxy) is 1. The van der Waals surface area contributed by atoms with E-state index in [1.807, 2.05) is 37.3 Å². The van der Waals surface area contributed by atoms with Crippen LogP contribution in [-0.2, 0) is 11.3 Å². The van der Waals surface area contributed by atoms with Crippen LogP contribution in [0, 0.1) is 5.92 Å². The first-order chi connectivity index (χ1) is 18.6. The number of nitrogens with one attached hydrogen (secondary N) is 1. The predicted octanol–water partition coefficient (Wildman–Crippen LogP) is 1.71. The van der Waals surface area contributed by atoms with Gasteiger partial charge in [-0.25, -0.2) is 24.3 Å². The van der Waals surface area contributed by atoms with Gasteiger partial charge in [-0.3, -0.25) is 9.59 Å². The maximum atomic E-state index is 13.0. The van der Waals surface area contributed by atoms with Crippen LogP contribution in [0.2, 0.25) is 0 Å². The maximum Gasteiger partial charge on any atom is 0.266 e. The largest absolute Gasteiger partial charge is 0.494 e. The molecule has 1 fully saturated rings. The molecule has 0 radical (unpaired) electrons. The molecule has 0 bridgehead atoms. The first-order valence-corrected chi connectivity index (χ1v) is 12.6. The van der Waals surface area contributed by atoms with Gasteiger partial charge in [0.1, 0.15) is 30.5 Å². The Kier molecular flexibility index (Phi) is 7.67. The summed E-state index contributed by atoms with van der Waals surface area (Å²) in [5.41, 5.74) is 1.34. The van der Waals surface area contributed by atoms with Gasteiger partial charge >= 0.3 is 0 Å². The number of nitrogens with zero attached hydrogens (tertiary/aromatic N) is 8. The number of carbonyl (C=O) groups excluding carboxylic acids is 1. The van der Waals surface area contributed by atoms with E-state index in [0.29, 0.717) is 31.2 Å². The first kappa shape index (κ1) is 25.1. The Morgan fingerprint density at radius 3 is 2.74 bits per heavy atom. The zero-order chi connectivity index (χ0) is 26.3. The molecule has 0 saturated carbocycles. The molecule has 1 atom stereocenters. The van der Waals surface area contributed by atoms with Gasteiger partial charge in [-0.1, -0.05) is 0 Å². The lowest BCUT2D eigenvalue weighted by molar-refractivity contribution is -0.125. The zero-order valence-electron chi connectivity index (χ0n) is 21.1. The number of piperidine rings is 1. The van der Waals surface area contributed by atoms with Crippen LogP contribution in [0.4, 0.5) is 5.82 Å².